The Morgan fingerprint density at radius 2 is 1.71 bits per heavy atom. The van der Waals surface area contributed by atoms with Crippen molar-refractivity contribution in [2.45, 2.75) is 24.3 Å². The third-order valence-electron chi connectivity index (χ3n) is 4.34. The van der Waals surface area contributed by atoms with Crippen LogP contribution in [0.15, 0.2) is 77.8 Å². The SMILES string of the molecule is CC(Nc1ccccn1)c1ccc(CCNS(=O)(=O)c2ccc(Cl)cc2)cc1. The quantitative estimate of drug-likeness (QED) is 0.571. The fourth-order valence-corrected chi connectivity index (χ4v) is 3.91. The fourth-order valence-electron chi connectivity index (χ4n) is 2.75. The number of benzene rings is 2. The van der Waals surface area contributed by atoms with Gasteiger partial charge in [0.1, 0.15) is 5.82 Å². The summed E-state index contributed by atoms with van der Waals surface area (Å²) in [4.78, 5) is 4.48. The summed E-state index contributed by atoms with van der Waals surface area (Å²) in [6.07, 6.45) is 2.36. The second-order valence-electron chi connectivity index (χ2n) is 6.42. The zero-order valence-electron chi connectivity index (χ0n) is 15.5. The molecule has 1 heterocycles. The Hall–Kier alpha value is -2.41. The molecule has 0 amide bonds. The second-order valence-corrected chi connectivity index (χ2v) is 8.63. The van der Waals surface area contributed by atoms with Crippen molar-refractivity contribution >= 4 is 27.4 Å². The minimum atomic E-state index is -3.53. The van der Waals surface area contributed by atoms with Gasteiger partial charge in [-0.2, -0.15) is 0 Å². The van der Waals surface area contributed by atoms with Crippen LogP contribution in [0.25, 0.3) is 0 Å². The molecule has 0 fully saturated rings. The molecule has 0 aliphatic heterocycles. The number of hydrogen-bond donors (Lipinski definition) is 2. The molecule has 0 spiro atoms. The highest BCUT2D eigenvalue weighted by molar-refractivity contribution is 7.89. The Kier molecular flexibility index (Phi) is 6.67. The molecule has 0 aliphatic carbocycles. The number of sulfonamides is 1. The van der Waals surface area contributed by atoms with Crippen LogP contribution in [0.5, 0.6) is 0 Å². The van der Waals surface area contributed by atoms with Crippen LogP contribution < -0.4 is 10.0 Å². The van der Waals surface area contributed by atoms with E-state index in [-0.39, 0.29) is 10.9 Å². The summed E-state index contributed by atoms with van der Waals surface area (Å²) in [6.45, 7) is 2.40. The van der Waals surface area contributed by atoms with E-state index in [9.17, 15) is 8.42 Å². The number of nitrogens with one attached hydrogen (secondary N) is 2. The van der Waals surface area contributed by atoms with E-state index >= 15 is 0 Å². The fraction of sp³-hybridized carbons (Fsp3) is 0.190. The van der Waals surface area contributed by atoms with Gasteiger partial charge in [-0.1, -0.05) is 41.9 Å². The summed E-state index contributed by atoms with van der Waals surface area (Å²) in [5, 5.41) is 3.86. The van der Waals surface area contributed by atoms with Gasteiger partial charge in [0.25, 0.3) is 0 Å². The first-order chi connectivity index (χ1) is 13.4. The first kappa shape index (κ1) is 20.3. The maximum absolute atomic E-state index is 12.3. The Morgan fingerprint density at radius 1 is 1.00 bits per heavy atom. The van der Waals surface area contributed by atoms with Gasteiger partial charge in [0, 0.05) is 23.8 Å². The van der Waals surface area contributed by atoms with E-state index in [1.165, 1.54) is 12.1 Å². The van der Waals surface area contributed by atoms with Crippen molar-refractivity contribution in [3.05, 3.63) is 89.1 Å². The molecule has 2 N–H and O–H groups in total. The molecule has 0 aliphatic rings. The molecule has 1 aromatic heterocycles. The van der Waals surface area contributed by atoms with Crippen LogP contribution in [-0.4, -0.2) is 19.9 Å². The smallest absolute Gasteiger partial charge is 0.240 e. The van der Waals surface area contributed by atoms with Crippen LogP contribution in [0.1, 0.15) is 24.1 Å². The van der Waals surface area contributed by atoms with Gasteiger partial charge in [0.2, 0.25) is 10.0 Å². The molecule has 0 saturated heterocycles. The number of rotatable bonds is 8. The normalized spacial score (nSPS) is 12.5. The Labute approximate surface area is 170 Å². The lowest BCUT2D eigenvalue weighted by Crippen LogP contribution is -2.25. The van der Waals surface area contributed by atoms with Crippen molar-refractivity contribution in [1.82, 2.24) is 9.71 Å². The average molecular weight is 416 g/mol. The van der Waals surface area contributed by atoms with Crippen LogP contribution in [0, 0.1) is 0 Å². The Bertz CT molecular complexity index is 992. The molecule has 0 saturated carbocycles. The molecule has 2 aromatic carbocycles. The highest BCUT2D eigenvalue weighted by Gasteiger charge is 2.13. The van der Waals surface area contributed by atoms with Crippen LogP contribution in [0.3, 0.4) is 0 Å². The van der Waals surface area contributed by atoms with E-state index in [1.807, 2.05) is 42.5 Å². The molecular formula is C21H22ClN3O2S. The largest absolute Gasteiger partial charge is 0.364 e. The molecule has 28 heavy (non-hydrogen) atoms. The molecule has 0 bridgehead atoms. The lowest BCUT2D eigenvalue weighted by atomic mass is 10.0. The maximum Gasteiger partial charge on any atom is 0.240 e. The number of anilines is 1. The lowest BCUT2D eigenvalue weighted by molar-refractivity contribution is 0.581. The topological polar surface area (TPSA) is 71.1 Å². The molecule has 7 heteroatoms. The molecule has 1 atom stereocenters. The Balaban J connectivity index is 1.53. The minimum absolute atomic E-state index is 0.118. The van der Waals surface area contributed by atoms with Crippen molar-refractivity contribution in [3.8, 4) is 0 Å². The van der Waals surface area contributed by atoms with E-state index < -0.39 is 10.0 Å². The third kappa shape index (κ3) is 5.55. The summed E-state index contributed by atoms with van der Waals surface area (Å²) >= 11 is 5.80. The van der Waals surface area contributed by atoms with Gasteiger partial charge >= 0.3 is 0 Å². The van der Waals surface area contributed by atoms with Gasteiger partial charge in [-0.25, -0.2) is 18.1 Å². The maximum atomic E-state index is 12.3. The van der Waals surface area contributed by atoms with Crippen molar-refractivity contribution in [1.29, 1.82) is 0 Å². The van der Waals surface area contributed by atoms with Gasteiger partial charge in [0.15, 0.2) is 0 Å². The zero-order chi connectivity index (χ0) is 20.0. The van der Waals surface area contributed by atoms with Crippen LogP contribution >= 0.6 is 11.6 Å². The molecule has 3 rings (SSSR count). The number of nitrogens with zero attached hydrogens (tertiary/aromatic N) is 1. The molecule has 5 nitrogen and oxygen atoms in total. The van der Waals surface area contributed by atoms with Gasteiger partial charge in [0.05, 0.1) is 4.90 Å². The minimum Gasteiger partial charge on any atom is -0.364 e. The van der Waals surface area contributed by atoms with Crippen LogP contribution in [-0.2, 0) is 16.4 Å². The van der Waals surface area contributed by atoms with Crippen molar-refractivity contribution in [2.75, 3.05) is 11.9 Å². The predicted octanol–water partition coefficient (Wildman–Crippen LogP) is 4.43. The van der Waals surface area contributed by atoms with Gasteiger partial charge < -0.3 is 5.32 Å². The second kappa shape index (κ2) is 9.19. The van der Waals surface area contributed by atoms with E-state index in [1.54, 1.807) is 18.3 Å². The Morgan fingerprint density at radius 3 is 2.36 bits per heavy atom. The van der Waals surface area contributed by atoms with Crippen molar-refractivity contribution in [2.24, 2.45) is 0 Å². The predicted molar refractivity (Wildman–Crippen MR) is 113 cm³/mol. The first-order valence-electron chi connectivity index (χ1n) is 8.96. The third-order valence-corrected chi connectivity index (χ3v) is 6.07. The summed E-state index contributed by atoms with van der Waals surface area (Å²) in [7, 11) is -3.53. The number of pyridine rings is 1. The molecule has 0 radical (unpaired) electrons. The highest BCUT2D eigenvalue weighted by Crippen LogP contribution is 2.18. The summed E-state index contributed by atoms with van der Waals surface area (Å²) in [6, 6.07) is 20.1. The van der Waals surface area contributed by atoms with Crippen molar-refractivity contribution < 1.29 is 8.42 Å². The monoisotopic (exact) mass is 415 g/mol. The van der Waals surface area contributed by atoms with E-state index in [2.05, 4.69) is 21.9 Å². The van der Waals surface area contributed by atoms with E-state index in [0.717, 1.165) is 16.9 Å². The standard InChI is InChI=1S/C21H22ClN3O2S/c1-16(25-21-4-2-3-14-23-21)18-7-5-17(6-8-18)13-15-24-28(26,27)20-11-9-19(22)10-12-20/h2-12,14,16,24H,13,15H2,1H3,(H,23,25). The molecular weight excluding hydrogens is 394 g/mol. The first-order valence-corrected chi connectivity index (χ1v) is 10.8. The van der Waals surface area contributed by atoms with Crippen LogP contribution in [0.2, 0.25) is 5.02 Å². The van der Waals surface area contributed by atoms with Gasteiger partial charge in [-0.05, 0) is 60.9 Å². The lowest BCUT2D eigenvalue weighted by Gasteiger charge is -2.15. The summed E-state index contributed by atoms with van der Waals surface area (Å²) in [5.41, 5.74) is 2.20. The van der Waals surface area contributed by atoms with Crippen molar-refractivity contribution in [3.63, 3.8) is 0 Å². The summed E-state index contributed by atoms with van der Waals surface area (Å²) in [5.74, 6) is 0.829. The summed E-state index contributed by atoms with van der Waals surface area (Å²) < 4.78 is 27.2. The number of hydrogen-bond acceptors (Lipinski definition) is 4. The van der Waals surface area contributed by atoms with E-state index in [4.69, 9.17) is 11.6 Å². The number of halogens is 1. The van der Waals surface area contributed by atoms with E-state index in [0.29, 0.717) is 18.0 Å². The molecule has 3 aromatic rings. The zero-order valence-corrected chi connectivity index (χ0v) is 17.0. The molecule has 1 unspecified atom stereocenters. The number of aromatic nitrogens is 1. The van der Waals surface area contributed by atoms with Crippen LogP contribution in [0.4, 0.5) is 5.82 Å². The molecule has 146 valence electrons. The average Bonchev–Trinajstić information content (AvgIpc) is 2.69. The van der Waals surface area contributed by atoms with Gasteiger partial charge in [-0.3, -0.25) is 0 Å². The van der Waals surface area contributed by atoms with Gasteiger partial charge in [-0.15, -0.1) is 0 Å². The highest BCUT2D eigenvalue weighted by atomic mass is 35.5.